The van der Waals surface area contributed by atoms with Crippen LogP contribution in [0, 0.1) is 0 Å². The predicted octanol–water partition coefficient (Wildman–Crippen LogP) is 2.59. The van der Waals surface area contributed by atoms with E-state index in [4.69, 9.17) is 4.74 Å². The number of methoxy groups -OCH3 is 1. The molecular weight excluding hydrogens is 364 g/mol. The molecule has 0 saturated heterocycles. The topological polar surface area (TPSA) is 75.7 Å². The van der Waals surface area contributed by atoms with Gasteiger partial charge in [0.05, 0.1) is 10.6 Å². The van der Waals surface area contributed by atoms with Crippen LogP contribution in [-0.4, -0.2) is 41.1 Å². The monoisotopic (exact) mass is 388 g/mol. The summed E-state index contributed by atoms with van der Waals surface area (Å²) in [5, 5.41) is 2.79. The largest absolute Gasteiger partial charge is 0.385 e. The zero-order valence-corrected chi connectivity index (χ0v) is 16.2. The van der Waals surface area contributed by atoms with Crippen LogP contribution in [0.1, 0.15) is 28.8 Å². The predicted molar refractivity (Wildman–Crippen MR) is 105 cm³/mol. The Morgan fingerprint density at radius 3 is 2.63 bits per heavy atom. The van der Waals surface area contributed by atoms with E-state index in [2.05, 4.69) is 5.32 Å². The molecule has 0 aliphatic carbocycles. The Kier molecular flexibility index (Phi) is 6.13. The van der Waals surface area contributed by atoms with E-state index in [1.807, 2.05) is 24.3 Å². The molecule has 1 amide bonds. The number of nitrogens with one attached hydrogen (secondary N) is 1. The summed E-state index contributed by atoms with van der Waals surface area (Å²) in [6.07, 6.45) is 2.39. The molecule has 2 aromatic carbocycles. The number of anilines is 1. The van der Waals surface area contributed by atoms with Crippen molar-refractivity contribution in [1.82, 2.24) is 5.32 Å². The molecule has 0 unspecified atom stereocenters. The van der Waals surface area contributed by atoms with Crippen LogP contribution in [0.5, 0.6) is 0 Å². The summed E-state index contributed by atoms with van der Waals surface area (Å²) in [6.45, 7) is 1.55. The Balaban J connectivity index is 1.76. The highest BCUT2D eigenvalue weighted by Gasteiger charge is 2.28. The zero-order chi connectivity index (χ0) is 19.3. The number of nitrogens with zero attached hydrogens (tertiary/aromatic N) is 1. The highest BCUT2D eigenvalue weighted by atomic mass is 32.2. The molecule has 27 heavy (non-hydrogen) atoms. The number of fused-ring (bicyclic) bond motifs is 1. The van der Waals surface area contributed by atoms with E-state index < -0.39 is 10.0 Å². The number of carbonyl (C=O) groups is 1. The Bertz CT molecular complexity index is 894. The third-order valence-corrected chi connectivity index (χ3v) is 6.41. The van der Waals surface area contributed by atoms with Gasteiger partial charge in [-0.25, -0.2) is 8.42 Å². The minimum Gasteiger partial charge on any atom is -0.385 e. The molecule has 1 aliphatic rings. The van der Waals surface area contributed by atoms with Gasteiger partial charge in [-0.2, -0.15) is 0 Å². The van der Waals surface area contributed by atoms with E-state index in [1.54, 1.807) is 19.2 Å². The van der Waals surface area contributed by atoms with Crippen molar-refractivity contribution < 1.29 is 17.9 Å². The molecule has 0 radical (unpaired) electrons. The van der Waals surface area contributed by atoms with E-state index in [0.717, 1.165) is 30.5 Å². The van der Waals surface area contributed by atoms with Gasteiger partial charge in [0.2, 0.25) is 0 Å². The van der Waals surface area contributed by atoms with Crippen LogP contribution < -0.4 is 9.62 Å². The first-order valence-corrected chi connectivity index (χ1v) is 10.5. The van der Waals surface area contributed by atoms with E-state index in [9.17, 15) is 13.2 Å². The molecule has 2 aromatic rings. The van der Waals surface area contributed by atoms with Gasteiger partial charge in [0.1, 0.15) is 0 Å². The van der Waals surface area contributed by atoms with Crippen molar-refractivity contribution in [3.8, 4) is 0 Å². The SMILES string of the molecule is COCCCNC(=O)c1ccc(S(=O)(=O)N2CCCc3ccccc32)cc1. The van der Waals surface area contributed by atoms with Crippen molar-refractivity contribution in [2.24, 2.45) is 0 Å². The zero-order valence-electron chi connectivity index (χ0n) is 15.3. The number of hydrogen-bond acceptors (Lipinski definition) is 4. The first-order valence-electron chi connectivity index (χ1n) is 9.02. The van der Waals surface area contributed by atoms with Crippen LogP contribution in [0.4, 0.5) is 5.69 Å². The molecule has 7 heteroatoms. The molecule has 1 aliphatic heterocycles. The van der Waals surface area contributed by atoms with Crippen LogP contribution >= 0.6 is 0 Å². The molecule has 3 rings (SSSR count). The van der Waals surface area contributed by atoms with Crippen LogP contribution in [-0.2, 0) is 21.2 Å². The Hall–Kier alpha value is -2.38. The van der Waals surface area contributed by atoms with Crippen molar-refractivity contribution in [2.45, 2.75) is 24.2 Å². The Labute approximate surface area is 160 Å². The van der Waals surface area contributed by atoms with E-state index in [1.165, 1.54) is 16.4 Å². The van der Waals surface area contributed by atoms with Crippen LogP contribution in [0.3, 0.4) is 0 Å². The van der Waals surface area contributed by atoms with Crippen molar-refractivity contribution in [3.63, 3.8) is 0 Å². The summed E-state index contributed by atoms with van der Waals surface area (Å²) in [5.74, 6) is -0.224. The van der Waals surface area contributed by atoms with E-state index in [0.29, 0.717) is 25.3 Å². The minimum atomic E-state index is -3.66. The minimum absolute atomic E-state index is 0.190. The maximum absolute atomic E-state index is 13.1. The number of hydrogen-bond donors (Lipinski definition) is 1. The fourth-order valence-corrected chi connectivity index (χ4v) is 4.72. The summed E-state index contributed by atoms with van der Waals surface area (Å²) in [5.41, 5.74) is 2.22. The van der Waals surface area contributed by atoms with Crippen LogP contribution in [0.2, 0.25) is 0 Å². The fraction of sp³-hybridized carbons (Fsp3) is 0.350. The average molecular weight is 388 g/mol. The number of carbonyl (C=O) groups excluding carboxylic acids is 1. The second-order valence-corrected chi connectivity index (χ2v) is 8.30. The lowest BCUT2D eigenvalue weighted by Crippen LogP contribution is -2.35. The van der Waals surface area contributed by atoms with Crippen LogP contribution in [0.25, 0.3) is 0 Å². The van der Waals surface area contributed by atoms with Gasteiger partial charge < -0.3 is 10.1 Å². The van der Waals surface area contributed by atoms with Crippen LogP contribution in [0.15, 0.2) is 53.4 Å². The number of aryl methyl sites for hydroxylation is 1. The van der Waals surface area contributed by atoms with Gasteiger partial charge in [0, 0.05) is 32.4 Å². The summed E-state index contributed by atoms with van der Waals surface area (Å²) in [7, 11) is -2.04. The smallest absolute Gasteiger partial charge is 0.264 e. The van der Waals surface area contributed by atoms with Crippen molar-refractivity contribution in [1.29, 1.82) is 0 Å². The van der Waals surface area contributed by atoms with Crippen molar-refractivity contribution >= 4 is 21.6 Å². The van der Waals surface area contributed by atoms with Gasteiger partial charge in [0.25, 0.3) is 15.9 Å². The number of rotatable bonds is 7. The lowest BCUT2D eigenvalue weighted by Gasteiger charge is -2.30. The highest BCUT2D eigenvalue weighted by molar-refractivity contribution is 7.92. The lowest BCUT2D eigenvalue weighted by molar-refractivity contribution is 0.0948. The molecule has 0 fully saturated rings. The number of benzene rings is 2. The van der Waals surface area contributed by atoms with E-state index >= 15 is 0 Å². The van der Waals surface area contributed by atoms with Gasteiger partial charge in [-0.3, -0.25) is 9.10 Å². The average Bonchev–Trinajstić information content (AvgIpc) is 2.70. The second-order valence-electron chi connectivity index (χ2n) is 6.44. The third kappa shape index (κ3) is 4.31. The molecule has 6 nitrogen and oxygen atoms in total. The quantitative estimate of drug-likeness (QED) is 0.740. The van der Waals surface area contributed by atoms with Crippen molar-refractivity contribution in [3.05, 3.63) is 59.7 Å². The van der Waals surface area contributed by atoms with E-state index in [-0.39, 0.29) is 10.8 Å². The fourth-order valence-electron chi connectivity index (χ4n) is 3.17. The number of ether oxygens (including phenoxy) is 1. The molecule has 0 aromatic heterocycles. The summed E-state index contributed by atoms with van der Waals surface area (Å²) in [4.78, 5) is 12.3. The number of sulfonamides is 1. The van der Waals surface area contributed by atoms with Gasteiger partial charge in [-0.1, -0.05) is 18.2 Å². The highest BCUT2D eigenvalue weighted by Crippen LogP contribution is 2.31. The van der Waals surface area contributed by atoms with Gasteiger partial charge in [0.15, 0.2) is 0 Å². The van der Waals surface area contributed by atoms with Gasteiger partial charge in [-0.05, 0) is 55.2 Å². The third-order valence-electron chi connectivity index (χ3n) is 4.58. The summed E-state index contributed by atoms with van der Waals surface area (Å²) >= 11 is 0. The molecule has 0 atom stereocenters. The number of amides is 1. The summed E-state index contributed by atoms with van der Waals surface area (Å²) < 4.78 is 32.6. The molecule has 144 valence electrons. The Morgan fingerprint density at radius 1 is 1.15 bits per heavy atom. The second kappa shape index (κ2) is 8.54. The molecule has 0 spiro atoms. The normalized spacial score (nSPS) is 13.9. The molecule has 1 N–H and O–H groups in total. The van der Waals surface area contributed by atoms with Gasteiger partial charge >= 0.3 is 0 Å². The number of para-hydroxylation sites is 1. The standard InChI is InChI=1S/C20H24N2O4S/c1-26-15-5-13-21-20(23)17-9-11-18(12-10-17)27(24,25)22-14-4-7-16-6-2-3-8-19(16)22/h2-3,6,8-12H,4-5,7,13-15H2,1H3,(H,21,23). The van der Waals surface area contributed by atoms with Gasteiger partial charge in [-0.15, -0.1) is 0 Å². The van der Waals surface area contributed by atoms with Crippen molar-refractivity contribution in [2.75, 3.05) is 31.1 Å². The molecule has 0 bridgehead atoms. The maximum Gasteiger partial charge on any atom is 0.264 e. The molecular formula is C20H24N2O4S. The lowest BCUT2D eigenvalue weighted by atomic mass is 10.0. The first kappa shape index (κ1) is 19.4. The molecule has 0 saturated carbocycles. The summed E-state index contributed by atoms with van der Waals surface area (Å²) in [6, 6.07) is 13.7. The Morgan fingerprint density at radius 2 is 1.89 bits per heavy atom. The first-order chi connectivity index (χ1) is 13.0. The molecule has 1 heterocycles. The maximum atomic E-state index is 13.1.